The van der Waals surface area contributed by atoms with Gasteiger partial charge in [0.25, 0.3) is 0 Å². The molecule has 18 heavy (non-hydrogen) atoms. The third kappa shape index (κ3) is 2.57. The largest absolute Gasteiger partial charge is 0.381 e. The highest BCUT2D eigenvalue weighted by Gasteiger charge is 2.47. The Balaban J connectivity index is 1.60. The van der Waals surface area contributed by atoms with Crippen molar-refractivity contribution >= 4 is 0 Å². The zero-order chi connectivity index (χ0) is 12.4. The van der Waals surface area contributed by atoms with Gasteiger partial charge in [0.05, 0.1) is 13.2 Å². The van der Waals surface area contributed by atoms with Crippen molar-refractivity contribution in [1.82, 2.24) is 10.2 Å². The first kappa shape index (κ1) is 12.9. The predicted octanol–water partition coefficient (Wildman–Crippen LogP) is 0.723. The lowest BCUT2D eigenvalue weighted by Crippen LogP contribution is -2.57. The molecule has 0 aromatic carbocycles. The molecule has 104 valence electrons. The summed E-state index contributed by atoms with van der Waals surface area (Å²) in [6, 6.07) is 0.649. The van der Waals surface area contributed by atoms with Crippen molar-refractivity contribution in [2.75, 3.05) is 53.1 Å². The molecule has 0 aliphatic carbocycles. The number of nitrogens with one attached hydrogen (secondary N) is 1. The first-order valence-corrected chi connectivity index (χ1v) is 7.36. The maximum atomic E-state index is 5.58. The second-order valence-corrected chi connectivity index (χ2v) is 6.36. The van der Waals surface area contributed by atoms with E-state index in [4.69, 9.17) is 9.47 Å². The Labute approximate surface area is 110 Å². The summed E-state index contributed by atoms with van der Waals surface area (Å²) in [5.74, 6) is 0.814. The van der Waals surface area contributed by atoms with Crippen LogP contribution in [-0.4, -0.2) is 64.1 Å². The van der Waals surface area contributed by atoms with Crippen LogP contribution >= 0.6 is 0 Å². The van der Waals surface area contributed by atoms with Gasteiger partial charge in [0.15, 0.2) is 0 Å². The van der Waals surface area contributed by atoms with Gasteiger partial charge in [0.2, 0.25) is 0 Å². The molecule has 1 unspecified atom stereocenters. The molecule has 0 saturated carbocycles. The lowest BCUT2D eigenvalue weighted by Gasteiger charge is -2.51. The van der Waals surface area contributed by atoms with Crippen molar-refractivity contribution in [2.24, 2.45) is 11.3 Å². The highest BCUT2D eigenvalue weighted by Crippen LogP contribution is 2.45. The fourth-order valence-electron chi connectivity index (χ4n) is 3.81. The van der Waals surface area contributed by atoms with Gasteiger partial charge in [-0.05, 0) is 32.2 Å². The number of piperazine rings is 1. The van der Waals surface area contributed by atoms with Gasteiger partial charge in [-0.2, -0.15) is 0 Å². The lowest BCUT2D eigenvalue weighted by molar-refractivity contribution is -0.171. The van der Waals surface area contributed by atoms with Crippen molar-refractivity contribution in [3.05, 3.63) is 0 Å². The van der Waals surface area contributed by atoms with E-state index < -0.39 is 0 Å². The van der Waals surface area contributed by atoms with E-state index in [1.807, 2.05) is 0 Å². The SMILES string of the molecule is CN1CCNC(CC2(C3CCOCC3)COC2)C1. The minimum Gasteiger partial charge on any atom is -0.381 e. The third-order valence-corrected chi connectivity index (χ3v) is 4.98. The van der Waals surface area contributed by atoms with Crippen molar-refractivity contribution in [2.45, 2.75) is 25.3 Å². The molecular weight excluding hydrogens is 228 g/mol. The first-order valence-electron chi connectivity index (χ1n) is 7.36. The topological polar surface area (TPSA) is 33.7 Å². The van der Waals surface area contributed by atoms with E-state index in [2.05, 4.69) is 17.3 Å². The van der Waals surface area contributed by atoms with Gasteiger partial charge in [0, 0.05) is 44.3 Å². The minimum atomic E-state index is 0.444. The standard InChI is InChI=1S/C14H26N2O2/c1-16-5-4-15-13(9-16)8-14(10-18-11-14)12-2-6-17-7-3-12/h12-13,15H,2-11H2,1H3. The summed E-state index contributed by atoms with van der Waals surface area (Å²) < 4.78 is 11.1. The molecule has 3 aliphatic heterocycles. The average molecular weight is 254 g/mol. The van der Waals surface area contributed by atoms with Gasteiger partial charge in [-0.15, -0.1) is 0 Å². The van der Waals surface area contributed by atoms with Crippen LogP contribution in [0, 0.1) is 11.3 Å². The molecule has 3 fully saturated rings. The van der Waals surface area contributed by atoms with Gasteiger partial charge in [-0.1, -0.05) is 0 Å². The molecule has 0 spiro atoms. The second-order valence-electron chi connectivity index (χ2n) is 6.36. The molecule has 3 saturated heterocycles. The van der Waals surface area contributed by atoms with Crippen LogP contribution < -0.4 is 5.32 Å². The summed E-state index contributed by atoms with van der Waals surface area (Å²) in [7, 11) is 2.23. The number of ether oxygens (including phenoxy) is 2. The van der Waals surface area contributed by atoms with Crippen molar-refractivity contribution in [1.29, 1.82) is 0 Å². The molecule has 3 heterocycles. The molecule has 3 rings (SSSR count). The van der Waals surface area contributed by atoms with Gasteiger partial charge in [-0.3, -0.25) is 0 Å². The highest BCUT2D eigenvalue weighted by atomic mass is 16.5. The van der Waals surface area contributed by atoms with Gasteiger partial charge in [0.1, 0.15) is 0 Å². The van der Waals surface area contributed by atoms with Crippen LogP contribution in [-0.2, 0) is 9.47 Å². The number of rotatable bonds is 3. The zero-order valence-corrected chi connectivity index (χ0v) is 11.5. The summed E-state index contributed by atoms with van der Waals surface area (Å²) in [6.07, 6.45) is 3.74. The predicted molar refractivity (Wildman–Crippen MR) is 70.7 cm³/mol. The molecule has 1 atom stereocenters. The third-order valence-electron chi connectivity index (χ3n) is 4.98. The van der Waals surface area contributed by atoms with E-state index in [1.54, 1.807) is 0 Å². The molecule has 4 nitrogen and oxygen atoms in total. The van der Waals surface area contributed by atoms with Crippen molar-refractivity contribution in [3.63, 3.8) is 0 Å². The van der Waals surface area contributed by atoms with Crippen LogP contribution in [0.4, 0.5) is 0 Å². The summed E-state index contributed by atoms with van der Waals surface area (Å²) >= 11 is 0. The number of hydrogen-bond donors (Lipinski definition) is 1. The summed E-state index contributed by atoms with van der Waals surface area (Å²) in [4.78, 5) is 2.44. The van der Waals surface area contributed by atoms with E-state index in [0.717, 1.165) is 38.9 Å². The molecular formula is C14H26N2O2. The van der Waals surface area contributed by atoms with Crippen LogP contribution in [0.2, 0.25) is 0 Å². The summed E-state index contributed by atoms with van der Waals surface area (Å²) in [5, 5.41) is 3.68. The fourth-order valence-corrected chi connectivity index (χ4v) is 3.81. The lowest BCUT2D eigenvalue weighted by atomic mass is 9.66. The van der Waals surface area contributed by atoms with Crippen LogP contribution in [0.1, 0.15) is 19.3 Å². The van der Waals surface area contributed by atoms with E-state index >= 15 is 0 Å². The van der Waals surface area contributed by atoms with Crippen LogP contribution in [0.5, 0.6) is 0 Å². The van der Waals surface area contributed by atoms with Crippen molar-refractivity contribution in [3.8, 4) is 0 Å². The number of nitrogens with zero attached hydrogens (tertiary/aromatic N) is 1. The monoisotopic (exact) mass is 254 g/mol. The highest BCUT2D eigenvalue weighted by molar-refractivity contribution is 4.96. The Bertz CT molecular complexity index is 275. The van der Waals surface area contributed by atoms with Crippen LogP contribution in [0.15, 0.2) is 0 Å². The van der Waals surface area contributed by atoms with Gasteiger partial charge >= 0.3 is 0 Å². The van der Waals surface area contributed by atoms with E-state index in [0.29, 0.717) is 11.5 Å². The van der Waals surface area contributed by atoms with Crippen LogP contribution in [0.3, 0.4) is 0 Å². The molecule has 4 heteroatoms. The average Bonchev–Trinajstić information content (AvgIpc) is 2.35. The summed E-state index contributed by atoms with van der Waals surface area (Å²) in [5.41, 5.74) is 0.444. The van der Waals surface area contributed by atoms with E-state index in [9.17, 15) is 0 Å². The van der Waals surface area contributed by atoms with Gasteiger partial charge < -0.3 is 19.7 Å². The molecule has 0 bridgehead atoms. The molecule has 0 aromatic rings. The Morgan fingerprint density at radius 1 is 1.22 bits per heavy atom. The smallest absolute Gasteiger partial charge is 0.0548 e. The maximum absolute atomic E-state index is 5.58. The fraction of sp³-hybridized carbons (Fsp3) is 1.00. The summed E-state index contributed by atoms with van der Waals surface area (Å²) in [6.45, 7) is 7.34. The van der Waals surface area contributed by atoms with E-state index in [1.165, 1.54) is 32.4 Å². The van der Waals surface area contributed by atoms with Gasteiger partial charge in [-0.25, -0.2) is 0 Å². The Morgan fingerprint density at radius 3 is 2.61 bits per heavy atom. The Hall–Kier alpha value is -0.160. The minimum absolute atomic E-state index is 0.444. The van der Waals surface area contributed by atoms with Crippen LogP contribution in [0.25, 0.3) is 0 Å². The zero-order valence-electron chi connectivity index (χ0n) is 11.5. The number of hydrogen-bond acceptors (Lipinski definition) is 4. The Morgan fingerprint density at radius 2 is 2.00 bits per heavy atom. The normalized spacial score (nSPS) is 34.2. The quantitative estimate of drug-likeness (QED) is 0.805. The van der Waals surface area contributed by atoms with E-state index in [-0.39, 0.29) is 0 Å². The second kappa shape index (κ2) is 5.45. The maximum Gasteiger partial charge on any atom is 0.0548 e. The number of likely N-dealkylation sites (N-methyl/N-ethyl adjacent to an activating group) is 1. The molecule has 0 aromatic heterocycles. The molecule has 1 N–H and O–H groups in total. The molecule has 0 amide bonds. The molecule has 0 radical (unpaired) electrons. The van der Waals surface area contributed by atoms with Crippen molar-refractivity contribution < 1.29 is 9.47 Å². The Kier molecular flexibility index (Phi) is 3.89. The molecule has 3 aliphatic rings. The first-order chi connectivity index (χ1) is 8.78.